The van der Waals surface area contributed by atoms with Crippen LogP contribution in [0.4, 0.5) is 4.39 Å². The van der Waals surface area contributed by atoms with Gasteiger partial charge in [-0.3, -0.25) is 4.39 Å². The Labute approximate surface area is 68.8 Å². The average molecular weight is 162 g/mol. The monoisotopic (exact) mass is 162 g/mol. The van der Waals surface area contributed by atoms with Gasteiger partial charge in [0.25, 0.3) is 0 Å². The molecule has 0 saturated carbocycles. The summed E-state index contributed by atoms with van der Waals surface area (Å²) >= 11 is 0. The van der Waals surface area contributed by atoms with Crippen molar-refractivity contribution in [3.05, 3.63) is 0 Å². The van der Waals surface area contributed by atoms with Crippen molar-refractivity contribution < 1.29 is 4.39 Å². The molecule has 0 aromatic carbocycles. The Balaban J connectivity index is 2.80. The van der Waals surface area contributed by atoms with Crippen LogP contribution in [-0.4, -0.2) is 45.3 Å². The van der Waals surface area contributed by atoms with Crippen molar-refractivity contribution in [1.29, 1.82) is 0 Å². The minimum atomic E-state index is -0.208. The number of rotatable bonds is 7. The van der Waals surface area contributed by atoms with Gasteiger partial charge in [0.05, 0.1) is 6.67 Å². The van der Waals surface area contributed by atoms with E-state index in [0.29, 0.717) is 6.42 Å². The van der Waals surface area contributed by atoms with Crippen molar-refractivity contribution >= 4 is 0 Å². The lowest BCUT2D eigenvalue weighted by Crippen LogP contribution is -2.22. The summed E-state index contributed by atoms with van der Waals surface area (Å²) in [6.07, 6.45) is 1.78. The summed E-state index contributed by atoms with van der Waals surface area (Å²) in [6, 6.07) is 0. The van der Waals surface area contributed by atoms with Gasteiger partial charge in [0.1, 0.15) is 0 Å². The van der Waals surface area contributed by atoms with E-state index in [-0.39, 0.29) is 6.67 Å². The summed E-state index contributed by atoms with van der Waals surface area (Å²) in [5.74, 6) is 0. The van der Waals surface area contributed by atoms with Gasteiger partial charge in [-0.1, -0.05) is 0 Å². The SMILES string of the molecule is CN(C)CCCNCCCF. The van der Waals surface area contributed by atoms with E-state index in [4.69, 9.17) is 0 Å². The minimum Gasteiger partial charge on any atom is -0.317 e. The highest BCUT2D eigenvalue weighted by molar-refractivity contribution is 4.50. The number of halogens is 1. The molecule has 0 bridgehead atoms. The van der Waals surface area contributed by atoms with E-state index >= 15 is 0 Å². The van der Waals surface area contributed by atoms with Crippen molar-refractivity contribution in [2.24, 2.45) is 0 Å². The Morgan fingerprint density at radius 1 is 1.18 bits per heavy atom. The zero-order chi connectivity index (χ0) is 8.53. The molecular formula is C8H19FN2. The smallest absolute Gasteiger partial charge is 0.0906 e. The van der Waals surface area contributed by atoms with Crippen molar-refractivity contribution in [2.45, 2.75) is 12.8 Å². The second-order valence-electron chi connectivity index (χ2n) is 2.95. The van der Waals surface area contributed by atoms with E-state index in [1.807, 2.05) is 0 Å². The van der Waals surface area contributed by atoms with Crippen LogP contribution >= 0.6 is 0 Å². The molecule has 0 heterocycles. The van der Waals surface area contributed by atoms with Crippen LogP contribution in [0, 0.1) is 0 Å². The van der Waals surface area contributed by atoms with Gasteiger partial charge in [-0.15, -0.1) is 0 Å². The topological polar surface area (TPSA) is 15.3 Å². The molecule has 1 N–H and O–H groups in total. The third kappa shape index (κ3) is 9.85. The number of nitrogens with zero attached hydrogens (tertiary/aromatic N) is 1. The zero-order valence-corrected chi connectivity index (χ0v) is 7.57. The Morgan fingerprint density at radius 3 is 2.36 bits per heavy atom. The largest absolute Gasteiger partial charge is 0.317 e. The second-order valence-corrected chi connectivity index (χ2v) is 2.95. The Bertz CT molecular complexity index is 76.5. The first-order chi connectivity index (χ1) is 5.27. The predicted octanol–water partition coefficient (Wildman–Crippen LogP) is 0.887. The maximum absolute atomic E-state index is 11.6. The van der Waals surface area contributed by atoms with Gasteiger partial charge in [-0.05, 0) is 46.6 Å². The summed E-state index contributed by atoms with van der Waals surface area (Å²) in [5, 5.41) is 3.18. The maximum Gasteiger partial charge on any atom is 0.0906 e. The molecule has 0 aromatic rings. The molecule has 0 aromatic heterocycles. The second kappa shape index (κ2) is 7.95. The number of alkyl halides is 1. The molecule has 2 nitrogen and oxygen atoms in total. The average Bonchev–Trinajstić information content (AvgIpc) is 1.96. The van der Waals surface area contributed by atoms with Crippen LogP contribution < -0.4 is 5.32 Å². The van der Waals surface area contributed by atoms with E-state index in [0.717, 1.165) is 26.1 Å². The summed E-state index contributed by atoms with van der Waals surface area (Å²) < 4.78 is 11.6. The van der Waals surface area contributed by atoms with Gasteiger partial charge in [0.15, 0.2) is 0 Å². The van der Waals surface area contributed by atoms with Crippen molar-refractivity contribution in [2.75, 3.05) is 40.4 Å². The molecule has 0 amide bonds. The standard InChI is InChI=1S/C8H19FN2/c1-11(2)8-4-7-10-6-3-5-9/h10H,3-8H2,1-2H3. The Morgan fingerprint density at radius 2 is 1.82 bits per heavy atom. The number of nitrogens with one attached hydrogen (secondary N) is 1. The van der Waals surface area contributed by atoms with E-state index in [2.05, 4.69) is 24.3 Å². The van der Waals surface area contributed by atoms with Gasteiger partial charge in [0, 0.05) is 0 Å². The van der Waals surface area contributed by atoms with E-state index in [1.165, 1.54) is 0 Å². The lowest BCUT2D eigenvalue weighted by atomic mass is 10.4. The molecule has 0 atom stereocenters. The highest BCUT2D eigenvalue weighted by atomic mass is 19.1. The van der Waals surface area contributed by atoms with Crippen molar-refractivity contribution in [3.63, 3.8) is 0 Å². The first-order valence-electron chi connectivity index (χ1n) is 4.19. The third-order valence-electron chi connectivity index (χ3n) is 1.45. The molecular weight excluding hydrogens is 143 g/mol. The van der Waals surface area contributed by atoms with Crippen LogP contribution in [0.25, 0.3) is 0 Å². The van der Waals surface area contributed by atoms with Gasteiger partial charge in [-0.25, -0.2) is 0 Å². The summed E-state index contributed by atoms with van der Waals surface area (Å²) in [4.78, 5) is 2.15. The highest BCUT2D eigenvalue weighted by Gasteiger charge is 1.89. The van der Waals surface area contributed by atoms with Gasteiger partial charge in [-0.2, -0.15) is 0 Å². The Kier molecular flexibility index (Phi) is 7.84. The van der Waals surface area contributed by atoms with Crippen LogP contribution in [0.1, 0.15) is 12.8 Å². The summed E-state index contributed by atoms with van der Waals surface area (Å²) in [5.41, 5.74) is 0. The normalized spacial score (nSPS) is 10.9. The maximum atomic E-state index is 11.6. The molecule has 0 aliphatic carbocycles. The van der Waals surface area contributed by atoms with Crippen LogP contribution in [0.2, 0.25) is 0 Å². The minimum absolute atomic E-state index is 0.208. The molecule has 0 aliphatic heterocycles. The van der Waals surface area contributed by atoms with Crippen LogP contribution in [0.3, 0.4) is 0 Å². The fourth-order valence-corrected chi connectivity index (χ4v) is 0.837. The molecule has 0 fully saturated rings. The fourth-order valence-electron chi connectivity index (χ4n) is 0.837. The van der Waals surface area contributed by atoms with Crippen molar-refractivity contribution in [1.82, 2.24) is 10.2 Å². The molecule has 0 unspecified atom stereocenters. The summed E-state index contributed by atoms with van der Waals surface area (Å²) in [6.45, 7) is 2.70. The van der Waals surface area contributed by atoms with Gasteiger partial charge in [0.2, 0.25) is 0 Å². The fraction of sp³-hybridized carbons (Fsp3) is 1.00. The quantitative estimate of drug-likeness (QED) is 0.559. The molecule has 0 radical (unpaired) electrons. The van der Waals surface area contributed by atoms with Gasteiger partial charge < -0.3 is 10.2 Å². The first kappa shape index (κ1) is 10.8. The van der Waals surface area contributed by atoms with E-state index in [9.17, 15) is 4.39 Å². The predicted molar refractivity (Wildman–Crippen MR) is 46.6 cm³/mol. The van der Waals surface area contributed by atoms with Crippen LogP contribution in [-0.2, 0) is 0 Å². The molecule has 3 heteroatoms. The lowest BCUT2D eigenvalue weighted by Gasteiger charge is -2.08. The highest BCUT2D eigenvalue weighted by Crippen LogP contribution is 1.81. The molecule has 0 spiro atoms. The van der Waals surface area contributed by atoms with Crippen LogP contribution in [0.15, 0.2) is 0 Å². The van der Waals surface area contributed by atoms with E-state index in [1.54, 1.807) is 0 Å². The summed E-state index contributed by atoms with van der Waals surface area (Å²) in [7, 11) is 4.11. The zero-order valence-electron chi connectivity index (χ0n) is 7.57. The van der Waals surface area contributed by atoms with Crippen molar-refractivity contribution in [3.8, 4) is 0 Å². The molecule has 11 heavy (non-hydrogen) atoms. The number of hydrogen-bond donors (Lipinski definition) is 1. The lowest BCUT2D eigenvalue weighted by molar-refractivity contribution is 0.391. The third-order valence-corrected chi connectivity index (χ3v) is 1.45. The first-order valence-corrected chi connectivity index (χ1v) is 4.19. The van der Waals surface area contributed by atoms with Gasteiger partial charge >= 0.3 is 0 Å². The number of hydrogen-bond acceptors (Lipinski definition) is 2. The van der Waals surface area contributed by atoms with E-state index < -0.39 is 0 Å². The molecule has 0 saturated heterocycles. The Hall–Kier alpha value is -0.150. The molecule has 68 valence electrons. The molecule has 0 aliphatic rings. The molecule has 0 rings (SSSR count). The van der Waals surface area contributed by atoms with Crippen LogP contribution in [0.5, 0.6) is 0 Å².